The molecule has 2 atom stereocenters. The normalized spacial score (nSPS) is 22.4. The number of hydrogen-bond donors (Lipinski definition) is 0. The van der Waals surface area contributed by atoms with Gasteiger partial charge in [0.25, 0.3) is 0 Å². The summed E-state index contributed by atoms with van der Waals surface area (Å²) in [6.07, 6.45) is 2.36. The predicted molar refractivity (Wildman–Crippen MR) is 99.3 cm³/mol. The van der Waals surface area contributed by atoms with Gasteiger partial charge in [0, 0.05) is 12.3 Å². The summed E-state index contributed by atoms with van der Waals surface area (Å²) in [5, 5.41) is 12.1. The summed E-state index contributed by atoms with van der Waals surface area (Å²) in [4.78, 5) is 24.1. The van der Waals surface area contributed by atoms with Crippen molar-refractivity contribution in [2.24, 2.45) is 5.41 Å². The number of benzene rings is 2. The Morgan fingerprint density at radius 1 is 1.35 bits per heavy atom. The second-order valence-electron chi connectivity index (χ2n) is 6.43. The molecule has 0 N–H and O–H groups in total. The molecule has 2 aromatic carbocycles. The molecule has 4 heteroatoms. The Bertz CT molecular complexity index is 967. The van der Waals surface area contributed by atoms with Gasteiger partial charge in [0.1, 0.15) is 6.29 Å². The zero-order chi connectivity index (χ0) is 18.7. The average molecular weight is 345 g/mol. The van der Waals surface area contributed by atoms with E-state index in [-0.39, 0.29) is 13.0 Å². The van der Waals surface area contributed by atoms with E-state index >= 15 is 0 Å². The van der Waals surface area contributed by atoms with Crippen LogP contribution in [0.25, 0.3) is 10.8 Å². The van der Waals surface area contributed by atoms with Gasteiger partial charge in [-0.1, -0.05) is 55.1 Å². The van der Waals surface area contributed by atoms with Crippen molar-refractivity contribution in [2.45, 2.75) is 19.3 Å². The molecule has 0 saturated heterocycles. The minimum atomic E-state index is -1.50. The number of esters is 1. The molecule has 0 radical (unpaired) electrons. The number of nitrogens with zero attached hydrogens (tertiary/aromatic N) is 1. The van der Waals surface area contributed by atoms with Crippen LogP contribution in [0.1, 0.15) is 24.8 Å². The molecule has 0 bridgehead atoms. The van der Waals surface area contributed by atoms with E-state index in [0.717, 1.165) is 16.3 Å². The van der Waals surface area contributed by atoms with Gasteiger partial charge in [-0.05, 0) is 34.4 Å². The summed E-state index contributed by atoms with van der Waals surface area (Å²) in [5.41, 5.74) is 0.245. The van der Waals surface area contributed by atoms with Crippen LogP contribution in [0.2, 0.25) is 0 Å². The molecule has 0 heterocycles. The van der Waals surface area contributed by atoms with Crippen LogP contribution in [0.5, 0.6) is 0 Å². The van der Waals surface area contributed by atoms with Gasteiger partial charge < -0.3 is 4.74 Å². The van der Waals surface area contributed by atoms with E-state index in [0.29, 0.717) is 17.4 Å². The van der Waals surface area contributed by atoms with Crippen molar-refractivity contribution in [1.29, 1.82) is 5.26 Å². The fraction of sp³-hybridized carbons (Fsp3) is 0.227. The molecule has 1 aliphatic rings. The van der Waals surface area contributed by atoms with Crippen LogP contribution in [-0.2, 0) is 14.3 Å². The lowest BCUT2D eigenvalue weighted by Crippen LogP contribution is -2.41. The number of fused-ring (bicyclic) bond motifs is 1. The number of hydrogen-bond acceptors (Lipinski definition) is 4. The lowest BCUT2D eigenvalue weighted by molar-refractivity contribution is -0.152. The van der Waals surface area contributed by atoms with E-state index in [2.05, 4.69) is 12.6 Å². The van der Waals surface area contributed by atoms with E-state index in [1.165, 1.54) is 0 Å². The first-order valence-corrected chi connectivity index (χ1v) is 8.47. The smallest absolute Gasteiger partial charge is 0.327 e. The molecule has 0 aliphatic heterocycles. The lowest BCUT2D eigenvalue weighted by Gasteiger charge is -2.37. The largest absolute Gasteiger partial charge is 0.465 e. The second kappa shape index (κ2) is 6.97. The summed E-state index contributed by atoms with van der Waals surface area (Å²) in [7, 11) is 0. The van der Waals surface area contributed by atoms with Gasteiger partial charge in [-0.2, -0.15) is 5.26 Å². The number of rotatable bonds is 4. The van der Waals surface area contributed by atoms with Gasteiger partial charge in [-0.25, -0.2) is 0 Å². The third kappa shape index (κ3) is 2.82. The highest BCUT2D eigenvalue weighted by atomic mass is 16.5. The summed E-state index contributed by atoms with van der Waals surface area (Å²) in [5.74, 6) is -1.19. The molecule has 26 heavy (non-hydrogen) atoms. The standard InChI is InChI=1S/C22H19NO3/c1-3-26-21(25)22(14-23)12-16(13-24)10-15(2)20(22)19-9-8-17-6-4-5-7-18(17)11-19/h4-11,13,20H,2-3,12H2,1H3. The third-order valence-corrected chi connectivity index (χ3v) is 4.81. The summed E-state index contributed by atoms with van der Waals surface area (Å²) < 4.78 is 5.21. The second-order valence-corrected chi connectivity index (χ2v) is 6.43. The number of allylic oxidation sites excluding steroid dienone is 3. The Morgan fingerprint density at radius 3 is 2.73 bits per heavy atom. The molecule has 2 aromatic rings. The number of carbonyl (C=O) groups is 2. The molecule has 0 aromatic heterocycles. The van der Waals surface area contributed by atoms with Crippen molar-refractivity contribution in [2.75, 3.05) is 6.61 Å². The number of aldehydes is 1. The topological polar surface area (TPSA) is 67.2 Å². The zero-order valence-corrected chi connectivity index (χ0v) is 14.6. The maximum Gasteiger partial charge on any atom is 0.327 e. The molecule has 4 nitrogen and oxygen atoms in total. The van der Waals surface area contributed by atoms with Crippen LogP contribution < -0.4 is 0 Å². The van der Waals surface area contributed by atoms with Gasteiger partial charge >= 0.3 is 5.97 Å². The highest BCUT2D eigenvalue weighted by Gasteiger charge is 2.51. The van der Waals surface area contributed by atoms with Crippen molar-refractivity contribution in [3.8, 4) is 6.07 Å². The Balaban J connectivity index is 2.20. The first kappa shape index (κ1) is 17.6. The monoisotopic (exact) mass is 345 g/mol. The van der Waals surface area contributed by atoms with Crippen molar-refractivity contribution >= 4 is 23.0 Å². The van der Waals surface area contributed by atoms with E-state index in [1.807, 2.05) is 42.5 Å². The molecule has 1 aliphatic carbocycles. The molecular weight excluding hydrogens is 326 g/mol. The van der Waals surface area contributed by atoms with E-state index in [4.69, 9.17) is 4.74 Å². The zero-order valence-electron chi connectivity index (χ0n) is 14.6. The van der Waals surface area contributed by atoms with Crippen molar-refractivity contribution in [1.82, 2.24) is 0 Å². The first-order valence-electron chi connectivity index (χ1n) is 8.47. The van der Waals surface area contributed by atoms with E-state index in [9.17, 15) is 14.9 Å². The van der Waals surface area contributed by atoms with Crippen molar-refractivity contribution in [3.63, 3.8) is 0 Å². The molecule has 2 unspecified atom stereocenters. The number of carbonyl (C=O) groups excluding carboxylic acids is 2. The molecule has 130 valence electrons. The summed E-state index contributed by atoms with van der Waals surface area (Å²) >= 11 is 0. The molecular formula is C22H19NO3. The highest BCUT2D eigenvalue weighted by Crippen LogP contribution is 2.49. The fourth-order valence-electron chi connectivity index (χ4n) is 3.67. The number of nitriles is 1. The van der Waals surface area contributed by atoms with Gasteiger partial charge in [0.15, 0.2) is 5.41 Å². The maximum atomic E-state index is 12.8. The lowest BCUT2D eigenvalue weighted by atomic mass is 9.63. The Morgan fingerprint density at radius 2 is 2.08 bits per heavy atom. The molecule has 3 rings (SSSR count). The van der Waals surface area contributed by atoms with E-state index < -0.39 is 17.3 Å². The minimum absolute atomic E-state index is 0.0162. The van der Waals surface area contributed by atoms with Gasteiger partial charge in [0.05, 0.1) is 12.7 Å². The van der Waals surface area contributed by atoms with Crippen LogP contribution in [-0.4, -0.2) is 18.9 Å². The molecule has 0 fully saturated rings. The molecule has 0 amide bonds. The Labute approximate surface area is 152 Å². The number of ether oxygens (including phenoxy) is 1. The Hall–Kier alpha value is -3.19. The predicted octanol–water partition coefficient (Wildman–Crippen LogP) is 4.08. The van der Waals surface area contributed by atoms with Gasteiger partial charge in [0.2, 0.25) is 0 Å². The van der Waals surface area contributed by atoms with Gasteiger partial charge in [-0.15, -0.1) is 0 Å². The van der Waals surface area contributed by atoms with Crippen molar-refractivity contribution < 1.29 is 14.3 Å². The first-order chi connectivity index (χ1) is 12.6. The third-order valence-electron chi connectivity index (χ3n) is 4.81. The highest BCUT2D eigenvalue weighted by molar-refractivity contribution is 5.89. The SMILES string of the molecule is C=C1C=C(C=O)CC(C#N)(C(=O)OCC)C1c1ccc2ccccc2c1. The van der Waals surface area contributed by atoms with Crippen molar-refractivity contribution in [3.05, 3.63) is 71.8 Å². The van der Waals surface area contributed by atoms with Crippen LogP contribution in [0.3, 0.4) is 0 Å². The summed E-state index contributed by atoms with van der Waals surface area (Å²) in [6.45, 7) is 5.90. The summed E-state index contributed by atoms with van der Waals surface area (Å²) in [6, 6.07) is 15.9. The van der Waals surface area contributed by atoms with E-state index in [1.54, 1.807) is 13.0 Å². The van der Waals surface area contributed by atoms with Crippen LogP contribution in [0.15, 0.2) is 66.3 Å². The minimum Gasteiger partial charge on any atom is -0.465 e. The van der Waals surface area contributed by atoms with Crippen LogP contribution >= 0.6 is 0 Å². The van der Waals surface area contributed by atoms with Crippen LogP contribution in [0, 0.1) is 16.7 Å². The average Bonchev–Trinajstić information content (AvgIpc) is 2.66. The fourth-order valence-corrected chi connectivity index (χ4v) is 3.67. The molecule has 0 saturated carbocycles. The molecule has 0 spiro atoms. The maximum absolute atomic E-state index is 12.8. The quantitative estimate of drug-likeness (QED) is 0.618. The van der Waals surface area contributed by atoms with Crippen LogP contribution in [0.4, 0.5) is 0 Å². The van der Waals surface area contributed by atoms with Gasteiger partial charge in [-0.3, -0.25) is 9.59 Å². The Kier molecular flexibility index (Phi) is 4.73.